The molecule has 0 spiro atoms. The SMILES string of the molecule is CCCCCCCN(CCCC)CCCCc1ccc([N+](=O)[O-])cc1.O=C(O)C(=O)O. The van der Waals surface area contributed by atoms with Crippen molar-refractivity contribution < 1.29 is 24.7 Å². The predicted molar refractivity (Wildman–Crippen MR) is 121 cm³/mol. The van der Waals surface area contributed by atoms with Crippen LogP contribution in [-0.2, 0) is 16.0 Å². The number of carboxylic acids is 2. The van der Waals surface area contributed by atoms with Crippen LogP contribution in [0.2, 0.25) is 0 Å². The highest BCUT2D eigenvalue weighted by Gasteiger charge is 2.06. The van der Waals surface area contributed by atoms with Gasteiger partial charge in [-0.15, -0.1) is 0 Å². The molecule has 8 nitrogen and oxygen atoms in total. The lowest BCUT2D eigenvalue weighted by Gasteiger charge is -2.22. The van der Waals surface area contributed by atoms with Crippen LogP contribution in [0.1, 0.15) is 77.2 Å². The highest BCUT2D eigenvalue weighted by molar-refractivity contribution is 6.27. The highest BCUT2D eigenvalue weighted by atomic mass is 16.6. The molecule has 0 saturated heterocycles. The number of rotatable bonds is 15. The van der Waals surface area contributed by atoms with E-state index >= 15 is 0 Å². The highest BCUT2D eigenvalue weighted by Crippen LogP contribution is 2.14. The monoisotopic (exact) mass is 438 g/mol. The molecule has 0 atom stereocenters. The first-order chi connectivity index (χ1) is 14.8. The number of non-ortho nitro benzene ring substituents is 1. The number of unbranched alkanes of at least 4 members (excludes halogenated alkanes) is 6. The van der Waals surface area contributed by atoms with Gasteiger partial charge < -0.3 is 15.1 Å². The molecule has 0 saturated carbocycles. The van der Waals surface area contributed by atoms with Gasteiger partial charge in [-0.05, 0) is 57.3 Å². The van der Waals surface area contributed by atoms with E-state index in [-0.39, 0.29) is 10.6 Å². The number of nitro groups is 1. The van der Waals surface area contributed by atoms with E-state index in [1.807, 2.05) is 12.1 Å². The van der Waals surface area contributed by atoms with Crippen LogP contribution in [-0.4, -0.2) is 51.6 Å². The van der Waals surface area contributed by atoms with Gasteiger partial charge in [-0.1, -0.05) is 58.1 Å². The van der Waals surface area contributed by atoms with Gasteiger partial charge in [0, 0.05) is 12.1 Å². The van der Waals surface area contributed by atoms with Gasteiger partial charge in [-0.2, -0.15) is 0 Å². The van der Waals surface area contributed by atoms with Crippen molar-refractivity contribution in [2.45, 2.75) is 78.1 Å². The Hall–Kier alpha value is -2.48. The van der Waals surface area contributed by atoms with Crippen LogP contribution in [0, 0.1) is 10.1 Å². The smallest absolute Gasteiger partial charge is 0.414 e. The topological polar surface area (TPSA) is 121 Å². The molecule has 0 unspecified atom stereocenters. The Morgan fingerprint density at radius 2 is 1.29 bits per heavy atom. The fourth-order valence-corrected chi connectivity index (χ4v) is 3.10. The van der Waals surface area contributed by atoms with Crippen LogP contribution in [0.4, 0.5) is 5.69 Å². The quantitative estimate of drug-likeness (QED) is 0.168. The summed E-state index contributed by atoms with van der Waals surface area (Å²) in [7, 11) is 0. The van der Waals surface area contributed by atoms with Gasteiger partial charge in [0.1, 0.15) is 0 Å². The summed E-state index contributed by atoms with van der Waals surface area (Å²) < 4.78 is 0. The minimum Gasteiger partial charge on any atom is -0.473 e. The van der Waals surface area contributed by atoms with Gasteiger partial charge in [0.05, 0.1) is 4.92 Å². The normalized spacial score (nSPS) is 10.4. The molecule has 1 rings (SSSR count). The molecule has 0 bridgehead atoms. The van der Waals surface area contributed by atoms with Crippen LogP contribution in [0.5, 0.6) is 0 Å². The molecule has 0 aromatic heterocycles. The molecule has 1 aromatic rings. The van der Waals surface area contributed by atoms with Crippen molar-refractivity contribution in [1.29, 1.82) is 0 Å². The predicted octanol–water partition coefficient (Wildman–Crippen LogP) is 5.15. The summed E-state index contributed by atoms with van der Waals surface area (Å²) in [5, 5.41) is 25.5. The second-order valence-corrected chi connectivity index (χ2v) is 7.60. The molecular formula is C23H38N2O6. The van der Waals surface area contributed by atoms with Crippen molar-refractivity contribution in [2.24, 2.45) is 0 Å². The summed E-state index contributed by atoms with van der Waals surface area (Å²) in [6, 6.07) is 7.00. The molecule has 8 heteroatoms. The summed E-state index contributed by atoms with van der Waals surface area (Å²) in [6.07, 6.45) is 12.6. The van der Waals surface area contributed by atoms with Crippen molar-refractivity contribution in [3.8, 4) is 0 Å². The number of nitro benzene ring substituents is 1. The summed E-state index contributed by atoms with van der Waals surface area (Å²) in [5.41, 5.74) is 1.38. The lowest BCUT2D eigenvalue weighted by atomic mass is 10.1. The zero-order chi connectivity index (χ0) is 23.5. The van der Waals surface area contributed by atoms with Crippen LogP contribution >= 0.6 is 0 Å². The molecule has 0 aliphatic heterocycles. The fraction of sp³-hybridized carbons (Fsp3) is 0.652. The first-order valence-electron chi connectivity index (χ1n) is 11.2. The number of carboxylic acid groups (broad SMARTS) is 2. The second kappa shape index (κ2) is 18.3. The molecular weight excluding hydrogens is 400 g/mol. The number of hydrogen-bond acceptors (Lipinski definition) is 5. The van der Waals surface area contributed by atoms with Crippen molar-refractivity contribution in [1.82, 2.24) is 4.90 Å². The van der Waals surface area contributed by atoms with Crippen LogP contribution in [0.15, 0.2) is 24.3 Å². The third kappa shape index (κ3) is 16.0. The van der Waals surface area contributed by atoms with Gasteiger partial charge in [-0.3, -0.25) is 10.1 Å². The van der Waals surface area contributed by atoms with Crippen molar-refractivity contribution in [3.05, 3.63) is 39.9 Å². The maximum absolute atomic E-state index is 10.7. The molecule has 0 fully saturated rings. The van der Waals surface area contributed by atoms with Crippen molar-refractivity contribution in [2.75, 3.05) is 19.6 Å². The first kappa shape index (κ1) is 28.5. The number of nitrogens with zero attached hydrogens (tertiary/aromatic N) is 2. The standard InChI is InChI=1S/C21H36N2O2.C2H2O4/c1-3-5-7-8-10-18-22(17-6-4-2)19-11-9-12-20-13-15-21(16-14-20)23(24)25;3-1(4)2(5)6/h13-16H,3-12,17-19H2,1-2H3;(H,3,4)(H,5,6). The third-order valence-electron chi connectivity index (χ3n) is 4.93. The van der Waals surface area contributed by atoms with Gasteiger partial charge in [0.25, 0.3) is 5.69 Å². The number of benzene rings is 1. The van der Waals surface area contributed by atoms with Gasteiger partial charge in [-0.25, -0.2) is 9.59 Å². The van der Waals surface area contributed by atoms with E-state index < -0.39 is 11.9 Å². The number of aliphatic carboxylic acids is 2. The maximum Gasteiger partial charge on any atom is 0.414 e. The molecule has 1 aromatic carbocycles. The molecule has 0 aliphatic carbocycles. The molecule has 0 aliphatic rings. The van der Waals surface area contributed by atoms with E-state index in [0.717, 1.165) is 12.8 Å². The molecule has 0 heterocycles. The summed E-state index contributed by atoms with van der Waals surface area (Å²) in [4.78, 5) is 31.2. The zero-order valence-electron chi connectivity index (χ0n) is 18.9. The number of carbonyl (C=O) groups is 2. The van der Waals surface area contributed by atoms with Crippen molar-refractivity contribution >= 4 is 17.6 Å². The lowest BCUT2D eigenvalue weighted by Crippen LogP contribution is -2.27. The molecule has 2 N–H and O–H groups in total. The molecule has 0 amide bonds. The Morgan fingerprint density at radius 3 is 1.77 bits per heavy atom. The average Bonchev–Trinajstić information content (AvgIpc) is 2.74. The summed E-state index contributed by atoms with van der Waals surface area (Å²) >= 11 is 0. The largest absolute Gasteiger partial charge is 0.473 e. The zero-order valence-corrected chi connectivity index (χ0v) is 18.9. The van der Waals surface area contributed by atoms with E-state index in [0.29, 0.717) is 0 Å². The Bertz CT molecular complexity index is 621. The first-order valence-corrected chi connectivity index (χ1v) is 11.2. The van der Waals surface area contributed by atoms with E-state index in [2.05, 4.69) is 18.7 Å². The molecule has 31 heavy (non-hydrogen) atoms. The van der Waals surface area contributed by atoms with Gasteiger partial charge >= 0.3 is 11.9 Å². The Morgan fingerprint density at radius 1 is 0.806 bits per heavy atom. The van der Waals surface area contributed by atoms with E-state index in [1.54, 1.807) is 12.1 Å². The second-order valence-electron chi connectivity index (χ2n) is 7.60. The summed E-state index contributed by atoms with van der Waals surface area (Å²) in [5.74, 6) is -3.65. The Labute approximate surface area is 185 Å². The third-order valence-corrected chi connectivity index (χ3v) is 4.93. The number of hydrogen-bond donors (Lipinski definition) is 2. The minimum absolute atomic E-state index is 0.178. The van der Waals surface area contributed by atoms with Crippen LogP contribution in [0.25, 0.3) is 0 Å². The lowest BCUT2D eigenvalue weighted by molar-refractivity contribution is -0.384. The Balaban J connectivity index is 0.00000131. The van der Waals surface area contributed by atoms with Crippen LogP contribution < -0.4 is 0 Å². The van der Waals surface area contributed by atoms with Crippen molar-refractivity contribution in [3.63, 3.8) is 0 Å². The Kier molecular flexibility index (Phi) is 16.8. The van der Waals surface area contributed by atoms with E-state index in [9.17, 15) is 10.1 Å². The maximum atomic E-state index is 10.7. The van der Waals surface area contributed by atoms with E-state index in [1.165, 1.54) is 76.6 Å². The van der Waals surface area contributed by atoms with Gasteiger partial charge in [0.15, 0.2) is 0 Å². The molecule has 0 radical (unpaired) electrons. The minimum atomic E-state index is -1.82. The number of aryl methyl sites for hydroxylation is 1. The summed E-state index contributed by atoms with van der Waals surface area (Å²) in [6.45, 7) is 8.16. The van der Waals surface area contributed by atoms with E-state index in [4.69, 9.17) is 19.8 Å². The van der Waals surface area contributed by atoms with Gasteiger partial charge in [0.2, 0.25) is 0 Å². The fourth-order valence-electron chi connectivity index (χ4n) is 3.10. The molecule has 176 valence electrons. The average molecular weight is 439 g/mol. The van der Waals surface area contributed by atoms with Crippen LogP contribution in [0.3, 0.4) is 0 Å².